The van der Waals surface area contributed by atoms with Crippen molar-refractivity contribution in [1.82, 2.24) is 9.47 Å². The van der Waals surface area contributed by atoms with Gasteiger partial charge < -0.3 is 9.67 Å². The molecule has 0 atom stereocenters. The molecule has 0 radical (unpaired) electrons. The smallest absolute Gasteiger partial charge is 0.337 e. The van der Waals surface area contributed by atoms with Gasteiger partial charge in [-0.25, -0.2) is 4.79 Å². The van der Waals surface area contributed by atoms with Gasteiger partial charge in [0.25, 0.3) is 5.56 Å². The Labute approximate surface area is 147 Å². The largest absolute Gasteiger partial charge is 0.478 e. The molecule has 3 rings (SSSR count). The third kappa shape index (κ3) is 3.66. The average molecular weight is 340 g/mol. The van der Waals surface area contributed by atoms with Crippen LogP contribution >= 0.6 is 0 Å². The Kier molecular flexibility index (Phi) is 5.04. The minimum Gasteiger partial charge on any atom is -0.478 e. The predicted octanol–water partition coefficient (Wildman–Crippen LogP) is 3.00. The number of pyridine rings is 1. The van der Waals surface area contributed by atoms with Crippen LogP contribution in [0.1, 0.15) is 46.1 Å². The maximum Gasteiger partial charge on any atom is 0.337 e. The Morgan fingerprint density at radius 1 is 1.16 bits per heavy atom. The highest BCUT2D eigenvalue weighted by molar-refractivity contribution is 5.90. The Balaban J connectivity index is 1.76. The van der Waals surface area contributed by atoms with Crippen LogP contribution in [0.15, 0.2) is 41.2 Å². The van der Waals surface area contributed by atoms with E-state index >= 15 is 0 Å². The van der Waals surface area contributed by atoms with Gasteiger partial charge in [0.2, 0.25) is 0 Å². The number of aromatic nitrogens is 1. The first kappa shape index (κ1) is 17.4. The van der Waals surface area contributed by atoms with Crippen LogP contribution in [0.5, 0.6) is 0 Å². The Bertz CT molecular complexity index is 819. The van der Waals surface area contributed by atoms with Crippen LogP contribution in [0.3, 0.4) is 0 Å². The highest BCUT2D eigenvalue weighted by Crippen LogP contribution is 2.25. The summed E-state index contributed by atoms with van der Waals surface area (Å²) in [7, 11) is 0. The normalized spacial score (nSPS) is 16.1. The molecule has 0 bridgehead atoms. The van der Waals surface area contributed by atoms with E-state index in [1.54, 1.807) is 18.4 Å². The van der Waals surface area contributed by atoms with Crippen molar-refractivity contribution in [2.45, 2.75) is 39.3 Å². The number of benzene rings is 1. The molecule has 1 fully saturated rings. The summed E-state index contributed by atoms with van der Waals surface area (Å²) in [6, 6.07) is 11.9. The number of hydrogen-bond donors (Lipinski definition) is 1. The second kappa shape index (κ2) is 7.23. The summed E-state index contributed by atoms with van der Waals surface area (Å²) in [5, 5.41) is 9.44. The van der Waals surface area contributed by atoms with Gasteiger partial charge in [-0.05, 0) is 37.8 Å². The van der Waals surface area contributed by atoms with Crippen molar-refractivity contribution in [3.05, 3.63) is 69.1 Å². The van der Waals surface area contributed by atoms with E-state index in [0.717, 1.165) is 32.5 Å². The number of piperidine rings is 1. The molecule has 1 aliphatic rings. The minimum atomic E-state index is -0.967. The number of carbonyl (C=O) groups is 1. The number of aryl methyl sites for hydroxylation is 1. The van der Waals surface area contributed by atoms with Crippen LogP contribution in [0.25, 0.3) is 0 Å². The van der Waals surface area contributed by atoms with Crippen molar-refractivity contribution < 1.29 is 9.90 Å². The lowest BCUT2D eigenvalue weighted by atomic mass is 10.0. The molecular formula is C20H24N2O3. The standard InChI is InChI=1S/C20H24N2O3/c1-14-12-18(23)22(15(2)19(14)20(24)25)17-8-10-21(11-9-17)13-16-6-4-3-5-7-16/h3-7,12,17H,8-11,13H2,1-2H3,(H,24,25). The molecule has 0 unspecified atom stereocenters. The quantitative estimate of drug-likeness (QED) is 0.929. The van der Waals surface area contributed by atoms with Crippen molar-refractivity contribution in [3.8, 4) is 0 Å². The fraction of sp³-hybridized carbons (Fsp3) is 0.400. The van der Waals surface area contributed by atoms with Gasteiger partial charge in [0.1, 0.15) is 0 Å². The highest BCUT2D eigenvalue weighted by Gasteiger charge is 2.25. The third-order valence-electron chi connectivity index (χ3n) is 5.08. The van der Waals surface area contributed by atoms with E-state index in [2.05, 4.69) is 17.0 Å². The fourth-order valence-electron chi connectivity index (χ4n) is 3.85. The van der Waals surface area contributed by atoms with E-state index in [9.17, 15) is 14.7 Å². The Morgan fingerprint density at radius 2 is 1.80 bits per heavy atom. The van der Waals surface area contributed by atoms with Gasteiger partial charge in [-0.1, -0.05) is 30.3 Å². The molecule has 132 valence electrons. The van der Waals surface area contributed by atoms with Gasteiger partial charge >= 0.3 is 5.97 Å². The number of carboxylic acid groups (broad SMARTS) is 1. The SMILES string of the molecule is Cc1cc(=O)n(C2CCN(Cc3ccccc3)CC2)c(C)c1C(=O)O. The van der Waals surface area contributed by atoms with Gasteiger partial charge in [0.15, 0.2) is 0 Å². The van der Waals surface area contributed by atoms with E-state index in [1.165, 1.54) is 11.6 Å². The van der Waals surface area contributed by atoms with E-state index in [-0.39, 0.29) is 17.2 Å². The van der Waals surface area contributed by atoms with E-state index in [0.29, 0.717) is 11.3 Å². The lowest BCUT2D eigenvalue weighted by Gasteiger charge is -2.34. The molecule has 5 nitrogen and oxygen atoms in total. The maximum atomic E-state index is 12.5. The van der Waals surface area contributed by atoms with Crippen LogP contribution in [0.2, 0.25) is 0 Å². The van der Waals surface area contributed by atoms with E-state index < -0.39 is 5.97 Å². The highest BCUT2D eigenvalue weighted by atomic mass is 16.4. The molecule has 0 saturated carbocycles. The molecule has 1 aromatic carbocycles. The zero-order valence-electron chi connectivity index (χ0n) is 14.7. The number of rotatable bonds is 4. The summed E-state index contributed by atoms with van der Waals surface area (Å²) in [5.74, 6) is -0.967. The molecule has 5 heteroatoms. The molecule has 1 N–H and O–H groups in total. The molecule has 0 spiro atoms. The Morgan fingerprint density at radius 3 is 2.40 bits per heavy atom. The maximum absolute atomic E-state index is 12.5. The van der Waals surface area contributed by atoms with Gasteiger partial charge in [-0.3, -0.25) is 9.69 Å². The molecule has 25 heavy (non-hydrogen) atoms. The zero-order valence-corrected chi connectivity index (χ0v) is 14.7. The molecule has 2 heterocycles. The van der Waals surface area contributed by atoms with E-state index in [1.807, 2.05) is 18.2 Å². The summed E-state index contributed by atoms with van der Waals surface area (Å²) in [6.07, 6.45) is 1.71. The van der Waals surface area contributed by atoms with Crippen molar-refractivity contribution in [1.29, 1.82) is 0 Å². The van der Waals surface area contributed by atoms with Crippen LogP contribution in [-0.4, -0.2) is 33.6 Å². The second-order valence-corrected chi connectivity index (χ2v) is 6.79. The van der Waals surface area contributed by atoms with Crippen molar-refractivity contribution in [2.75, 3.05) is 13.1 Å². The van der Waals surface area contributed by atoms with Crippen LogP contribution in [-0.2, 0) is 6.54 Å². The predicted molar refractivity (Wildman–Crippen MR) is 97.1 cm³/mol. The van der Waals surface area contributed by atoms with Gasteiger partial charge in [0, 0.05) is 37.4 Å². The minimum absolute atomic E-state index is 0.0678. The summed E-state index contributed by atoms with van der Waals surface area (Å²) < 4.78 is 1.69. The topological polar surface area (TPSA) is 62.5 Å². The number of likely N-dealkylation sites (tertiary alicyclic amines) is 1. The fourth-order valence-corrected chi connectivity index (χ4v) is 3.85. The molecule has 0 amide bonds. The van der Waals surface area contributed by atoms with Crippen molar-refractivity contribution in [3.63, 3.8) is 0 Å². The first-order valence-electron chi connectivity index (χ1n) is 8.69. The molecule has 1 aromatic heterocycles. The Hall–Kier alpha value is -2.40. The second-order valence-electron chi connectivity index (χ2n) is 6.79. The van der Waals surface area contributed by atoms with Crippen LogP contribution < -0.4 is 5.56 Å². The first-order chi connectivity index (χ1) is 12.0. The summed E-state index contributed by atoms with van der Waals surface area (Å²) in [5.41, 5.74) is 2.55. The molecule has 1 saturated heterocycles. The number of nitrogens with zero attached hydrogens (tertiary/aromatic N) is 2. The molecule has 1 aliphatic heterocycles. The monoisotopic (exact) mass is 340 g/mol. The number of carboxylic acids is 1. The summed E-state index contributed by atoms with van der Waals surface area (Å²) in [4.78, 5) is 26.4. The lowest BCUT2D eigenvalue weighted by Crippen LogP contribution is -2.38. The molecular weight excluding hydrogens is 316 g/mol. The average Bonchev–Trinajstić information content (AvgIpc) is 2.56. The summed E-state index contributed by atoms with van der Waals surface area (Å²) >= 11 is 0. The number of aromatic carboxylic acids is 1. The van der Waals surface area contributed by atoms with Gasteiger partial charge in [-0.2, -0.15) is 0 Å². The van der Waals surface area contributed by atoms with Gasteiger partial charge in [-0.15, -0.1) is 0 Å². The number of hydrogen-bond acceptors (Lipinski definition) is 3. The molecule has 0 aliphatic carbocycles. The van der Waals surface area contributed by atoms with Crippen LogP contribution in [0, 0.1) is 13.8 Å². The molecule has 2 aromatic rings. The van der Waals surface area contributed by atoms with Crippen molar-refractivity contribution in [2.24, 2.45) is 0 Å². The van der Waals surface area contributed by atoms with Gasteiger partial charge in [0.05, 0.1) is 5.56 Å². The van der Waals surface area contributed by atoms with Crippen molar-refractivity contribution >= 4 is 5.97 Å². The third-order valence-corrected chi connectivity index (χ3v) is 5.08. The first-order valence-corrected chi connectivity index (χ1v) is 8.69. The van der Waals surface area contributed by atoms with Crippen LogP contribution in [0.4, 0.5) is 0 Å². The van der Waals surface area contributed by atoms with E-state index in [4.69, 9.17) is 0 Å². The zero-order chi connectivity index (χ0) is 18.0. The summed E-state index contributed by atoms with van der Waals surface area (Å²) in [6.45, 7) is 6.15. The lowest BCUT2D eigenvalue weighted by molar-refractivity contribution is 0.0693.